The number of amides is 3. The van der Waals surface area contributed by atoms with E-state index in [1.54, 1.807) is 17.5 Å². The van der Waals surface area contributed by atoms with Crippen LogP contribution in [0.5, 0.6) is 0 Å². The highest BCUT2D eigenvalue weighted by molar-refractivity contribution is 7.09. The second kappa shape index (κ2) is 15.2. The van der Waals surface area contributed by atoms with Crippen molar-refractivity contribution in [2.45, 2.75) is 70.5 Å². The van der Waals surface area contributed by atoms with Crippen molar-refractivity contribution in [1.29, 1.82) is 0 Å². The molecule has 3 fully saturated rings. The second-order valence-electron chi connectivity index (χ2n) is 15.1. The zero-order valence-corrected chi connectivity index (χ0v) is 31.6. The van der Waals surface area contributed by atoms with Crippen LogP contribution in [0.2, 0.25) is 0 Å². The van der Waals surface area contributed by atoms with E-state index in [4.69, 9.17) is 9.72 Å². The van der Waals surface area contributed by atoms with Gasteiger partial charge >= 0.3 is 6.09 Å². The van der Waals surface area contributed by atoms with Gasteiger partial charge in [-0.1, -0.05) is 62.4 Å². The summed E-state index contributed by atoms with van der Waals surface area (Å²) < 4.78 is 4.76. The predicted octanol–water partition coefficient (Wildman–Crippen LogP) is 7.08. The fourth-order valence-corrected chi connectivity index (χ4v) is 9.42. The fourth-order valence-electron chi connectivity index (χ4n) is 8.87. The van der Waals surface area contributed by atoms with Crippen LogP contribution in [0.15, 0.2) is 72.5 Å². The third kappa shape index (κ3) is 7.04. The number of rotatable bonds is 11. The lowest BCUT2D eigenvalue weighted by Crippen LogP contribution is -2.51. The minimum absolute atomic E-state index is 0.0673. The molecule has 0 radical (unpaired) electrons. The van der Waals surface area contributed by atoms with Gasteiger partial charge in [0.15, 0.2) is 0 Å². The van der Waals surface area contributed by atoms with Crippen molar-refractivity contribution in [2.24, 2.45) is 23.7 Å². The van der Waals surface area contributed by atoms with Gasteiger partial charge in [0.2, 0.25) is 11.8 Å². The first-order valence-electron chi connectivity index (χ1n) is 18.9. The standard InChI is InChI=1S/C41H46N8O4S/c1-23(2)36(48-41(52)53-3)40(51)49-17-4-5-32(49)37-43-20-30(46-37)26-10-6-24(7-11-26)25-8-12-27(13-9-25)31-21-44-38(47-31)34-28-14-15-29(19-28)35(34)39(50)45-22-33-42-16-18-54-33/h6-13,16,18,20-21,23,28-29,32,34-36H,4-5,14-15,17,19,22H2,1-3H3,(H,43,46)(H,44,47)(H,45,50)(H,48,52)/t28-,29+,32-,34+,35+,36-/m0/s1. The quantitative estimate of drug-likeness (QED) is 0.113. The molecule has 1 saturated heterocycles. The second-order valence-corrected chi connectivity index (χ2v) is 16.1. The molecule has 3 amide bonds. The molecule has 5 aromatic rings. The number of ether oxygens (including phenoxy) is 1. The zero-order valence-electron chi connectivity index (χ0n) is 30.7. The van der Waals surface area contributed by atoms with Gasteiger partial charge in [0.05, 0.1) is 49.4 Å². The predicted molar refractivity (Wildman–Crippen MR) is 206 cm³/mol. The summed E-state index contributed by atoms with van der Waals surface area (Å²) in [6.45, 7) is 4.90. The Morgan fingerprint density at radius 2 is 1.50 bits per heavy atom. The number of carbonyl (C=O) groups excluding carboxylic acids is 3. The Kier molecular flexibility index (Phi) is 10.1. The number of alkyl carbamates (subject to hydrolysis) is 1. The summed E-state index contributed by atoms with van der Waals surface area (Å²) in [6, 6.07) is 16.0. The highest BCUT2D eigenvalue weighted by Crippen LogP contribution is 2.56. The molecule has 2 saturated carbocycles. The number of hydrogen-bond donors (Lipinski definition) is 4. The molecule has 0 unspecified atom stereocenters. The van der Waals surface area contributed by atoms with Gasteiger partial charge in [0.25, 0.3) is 0 Å². The van der Waals surface area contributed by atoms with Gasteiger partial charge in [-0.25, -0.2) is 19.7 Å². The number of benzene rings is 2. The summed E-state index contributed by atoms with van der Waals surface area (Å²) in [7, 11) is 1.30. The topological polar surface area (TPSA) is 158 Å². The molecule has 6 atom stereocenters. The molecule has 0 spiro atoms. The Hall–Kier alpha value is -5.30. The van der Waals surface area contributed by atoms with Crippen molar-refractivity contribution in [3.63, 3.8) is 0 Å². The number of methoxy groups -OCH3 is 1. The van der Waals surface area contributed by atoms with Crippen LogP contribution >= 0.6 is 11.3 Å². The summed E-state index contributed by atoms with van der Waals surface area (Å²) in [5, 5.41) is 8.71. The number of nitrogens with zero attached hydrogens (tertiary/aromatic N) is 4. The van der Waals surface area contributed by atoms with Crippen molar-refractivity contribution in [2.75, 3.05) is 13.7 Å². The first-order chi connectivity index (χ1) is 26.3. The molecule has 2 aliphatic carbocycles. The van der Waals surface area contributed by atoms with Gasteiger partial charge in [0.1, 0.15) is 22.7 Å². The average molecular weight is 747 g/mol. The number of nitrogens with one attached hydrogen (secondary N) is 4. The number of thiazole rings is 1. The SMILES string of the molecule is COC(=O)N[C@H](C(=O)N1CCC[C@H]1c1ncc(-c2ccc(-c3ccc(-c4cnc([C@@H]5[C@H]6CC[C@H](C6)[C@H]5C(=O)NCc5nccs5)[nH]4)cc3)cc2)[nH]1)C(C)C. The Morgan fingerprint density at radius 3 is 2.13 bits per heavy atom. The van der Waals surface area contributed by atoms with Gasteiger partial charge in [-0.05, 0) is 72.1 Å². The lowest BCUT2D eigenvalue weighted by Gasteiger charge is -2.30. The van der Waals surface area contributed by atoms with Crippen molar-refractivity contribution >= 4 is 29.2 Å². The van der Waals surface area contributed by atoms with Gasteiger partial charge < -0.3 is 30.2 Å². The molecule has 1 aliphatic heterocycles. The molecule has 2 bridgehead atoms. The van der Waals surface area contributed by atoms with Crippen LogP contribution in [0.25, 0.3) is 33.6 Å². The average Bonchev–Trinajstić information content (AvgIpc) is 4.05. The lowest BCUT2D eigenvalue weighted by atomic mass is 9.78. The fraction of sp³-hybridized carbons (Fsp3) is 0.415. The summed E-state index contributed by atoms with van der Waals surface area (Å²) in [4.78, 5) is 61.6. The zero-order chi connectivity index (χ0) is 37.3. The highest BCUT2D eigenvalue weighted by atomic mass is 32.1. The molecule has 3 aromatic heterocycles. The molecule has 54 heavy (non-hydrogen) atoms. The van der Waals surface area contributed by atoms with E-state index in [9.17, 15) is 14.4 Å². The molecule has 3 aliphatic rings. The summed E-state index contributed by atoms with van der Waals surface area (Å²) in [6.07, 6.45) is 9.87. The van der Waals surface area contributed by atoms with E-state index in [1.807, 2.05) is 36.5 Å². The van der Waals surface area contributed by atoms with E-state index >= 15 is 0 Å². The maximum Gasteiger partial charge on any atom is 0.407 e. The minimum atomic E-state index is -0.675. The van der Waals surface area contributed by atoms with Crippen molar-refractivity contribution in [3.8, 4) is 33.6 Å². The number of fused-ring (bicyclic) bond motifs is 2. The number of hydrogen-bond acceptors (Lipinski definition) is 8. The minimum Gasteiger partial charge on any atom is -0.453 e. The molecule has 12 nitrogen and oxygen atoms in total. The maximum atomic E-state index is 13.5. The van der Waals surface area contributed by atoms with E-state index in [-0.39, 0.29) is 35.6 Å². The van der Waals surface area contributed by atoms with E-state index in [1.165, 1.54) is 7.11 Å². The van der Waals surface area contributed by atoms with E-state index in [0.717, 1.165) is 82.4 Å². The van der Waals surface area contributed by atoms with Crippen LogP contribution in [-0.2, 0) is 20.9 Å². The van der Waals surface area contributed by atoms with Crippen molar-refractivity contribution in [3.05, 3.63) is 89.2 Å². The van der Waals surface area contributed by atoms with Crippen LogP contribution in [0, 0.1) is 23.7 Å². The third-order valence-corrected chi connectivity index (χ3v) is 12.4. The molecule has 4 N–H and O–H groups in total. The Morgan fingerprint density at radius 1 is 0.870 bits per heavy atom. The summed E-state index contributed by atoms with van der Waals surface area (Å²) >= 11 is 1.56. The van der Waals surface area contributed by atoms with Gasteiger partial charge in [-0.2, -0.15) is 0 Å². The number of carbonyl (C=O) groups is 3. The van der Waals surface area contributed by atoms with Gasteiger partial charge in [0, 0.05) is 24.0 Å². The smallest absolute Gasteiger partial charge is 0.407 e. The van der Waals surface area contributed by atoms with E-state index < -0.39 is 12.1 Å². The molecule has 4 heterocycles. The van der Waals surface area contributed by atoms with Crippen LogP contribution in [0.3, 0.4) is 0 Å². The molecule has 13 heteroatoms. The summed E-state index contributed by atoms with van der Waals surface area (Å²) in [5.41, 5.74) is 6.07. The molecular weight excluding hydrogens is 701 g/mol. The van der Waals surface area contributed by atoms with Crippen molar-refractivity contribution in [1.82, 2.24) is 40.5 Å². The molecule has 8 rings (SSSR count). The van der Waals surface area contributed by atoms with Crippen molar-refractivity contribution < 1.29 is 19.1 Å². The summed E-state index contributed by atoms with van der Waals surface area (Å²) in [5.74, 6) is 2.46. The molecular formula is C41H46N8O4S. The Labute approximate surface area is 318 Å². The van der Waals surface area contributed by atoms with Crippen LogP contribution < -0.4 is 10.6 Å². The van der Waals surface area contributed by atoms with Crippen LogP contribution in [0.4, 0.5) is 4.79 Å². The number of imidazole rings is 2. The number of H-pyrrole nitrogens is 2. The van der Waals surface area contributed by atoms with Crippen LogP contribution in [0.1, 0.15) is 74.6 Å². The highest BCUT2D eigenvalue weighted by Gasteiger charge is 2.52. The number of aromatic amines is 2. The van der Waals surface area contributed by atoms with Gasteiger partial charge in [-0.3, -0.25) is 9.59 Å². The Balaban J connectivity index is 0.920. The number of aromatic nitrogens is 5. The Bertz CT molecular complexity index is 2090. The monoisotopic (exact) mass is 746 g/mol. The normalized spacial score (nSPS) is 22.4. The third-order valence-electron chi connectivity index (χ3n) is 11.6. The first-order valence-corrected chi connectivity index (χ1v) is 19.8. The first kappa shape index (κ1) is 35.7. The van der Waals surface area contributed by atoms with E-state index in [0.29, 0.717) is 24.9 Å². The number of likely N-dealkylation sites (tertiary alicyclic amines) is 1. The maximum absolute atomic E-state index is 13.5. The van der Waals surface area contributed by atoms with Crippen LogP contribution in [-0.4, -0.2) is 67.4 Å². The van der Waals surface area contributed by atoms with Gasteiger partial charge in [-0.15, -0.1) is 11.3 Å². The lowest BCUT2D eigenvalue weighted by molar-refractivity contribution is -0.135. The largest absolute Gasteiger partial charge is 0.453 e. The van der Waals surface area contributed by atoms with E-state index in [2.05, 4.69) is 79.1 Å². The molecule has 280 valence electrons. The molecule has 2 aromatic carbocycles.